The Morgan fingerprint density at radius 2 is 2.06 bits per heavy atom. The molecule has 0 saturated carbocycles. The van der Waals surface area contributed by atoms with E-state index in [1.54, 1.807) is 12.2 Å². The first-order chi connectivity index (χ1) is 7.97. The van der Waals surface area contributed by atoms with E-state index in [2.05, 4.69) is 33.9 Å². The summed E-state index contributed by atoms with van der Waals surface area (Å²) in [5, 5.41) is 0. The fourth-order valence-electron chi connectivity index (χ4n) is 1.83. The summed E-state index contributed by atoms with van der Waals surface area (Å²) in [7, 11) is 0. The smallest absolute Gasteiger partial charge is 0.254 e. The van der Waals surface area contributed by atoms with Gasteiger partial charge in [-0.15, -0.1) is 0 Å². The summed E-state index contributed by atoms with van der Waals surface area (Å²) >= 11 is 0. The fraction of sp³-hybridized carbons (Fsp3) is 0.400. The molecule has 17 heavy (non-hydrogen) atoms. The highest BCUT2D eigenvalue weighted by Gasteiger charge is 2.36. The van der Waals surface area contributed by atoms with Crippen LogP contribution in [0.15, 0.2) is 48.6 Å². The minimum Gasteiger partial charge on any atom is -0.329 e. The van der Waals surface area contributed by atoms with Crippen LogP contribution in [0.3, 0.4) is 0 Å². The van der Waals surface area contributed by atoms with Crippen molar-refractivity contribution >= 4 is 5.91 Å². The molecular formula is C15H21NO. The number of carbonyl (C=O) groups is 1. The van der Waals surface area contributed by atoms with E-state index in [9.17, 15) is 4.79 Å². The molecule has 0 aromatic rings. The van der Waals surface area contributed by atoms with Gasteiger partial charge in [-0.25, -0.2) is 0 Å². The number of rotatable bonds is 5. The largest absolute Gasteiger partial charge is 0.329 e. The fourth-order valence-corrected chi connectivity index (χ4v) is 1.83. The predicted molar refractivity (Wildman–Crippen MR) is 72.6 cm³/mol. The summed E-state index contributed by atoms with van der Waals surface area (Å²) in [5.41, 5.74) is 1.62. The molecule has 0 saturated heterocycles. The summed E-state index contributed by atoms with van der Waals surface area (Å²) in [6.45, 7) is 14.3. The lowest BCUT2D eigenvalue weighted by atomic mass is 9.99. The third-order valence-corrected chi connectivity index (χ3v) is 3.38. The number of amides is 1. The van der Waals surface area contributed by atoms with Crippen molar-refractivity contribution in [1.82, 2.24) is 4.90 Å². The van der Waals surface area contributed by atoms with Gasteiger partial charge in [0.15, 0.2) is 0 Å². The molecule has 0 aliphatic carbocycles. The van der Waals surface area contributed by atoms with E-state index < -0.39 is 0 Å². The Balaban J connectivity index is 3.05. The summed E-state index contributed by atoms with van der Waals surface area (Å²) < 4.78 is 0. The van der Waals surface area contributed by atoms with Crippen molar-refractivity contribution in [3.63, 3.8) is 0 Å². The molecule has 0 aromatic carbocycles. The Hall–Kier alpha value is -1.57. The van der Waals surface area contributed by atoms with Crippen molar-refractivity contribution in [2.45, 2.75) is 32.7 Å². The molecule has 2 nitrogen and oxygen atoms in total. The normalized spacial score (nSPS) is 17.1. The molecule has 0 spiro atoms. The van der Waals surface area contributed by atoms with Crippen molar-refractivity contribution in [3.8, 4) is 0 Å². The molecule has 0 radical (unpaired) electrons. The van der Waals surface area contributed by atoms with Crippen molar-refractivity contribution in [2.24, 2.45) is 0 Å². The zero-order valence-electron chi connectivity index (χ0n) is 11.0. The second-order valence-electron chi connectivity index (χ2n) is 4.80. The van der Waals surface area contributed by atoms with E-state index in [0.29, 0.717) is 12.1 Å². The van der Waals surface area contributed by atoms with Crippen LogP contribution in [0.2, 0.25) is 0 Å². The Morgan fingerprint density at radius 1 is 1.41 bits per heavy atom. The lowest BCUT2D eigenvalue weighted by Gasteiger charge is -2.35. The minimum absolute atomic E-state index is 0.0792. The Kier molecular flexibility index (Phi) is 4.11. The van der Waals surface area contributed by atoms with E-state index >= 15 is 0 Å². The summed E-state index contributed by atoms with van der Waals surface area (Å²) in [6, 6.07) is 0. The third kappa shape index (κ3) is 2.57. The lowest BCUT2D eigenvalue weighted by Crippen LogP contribution is -2.45. The van der Waals surface area contributed by atoms with Crippen LogP contribution in [-0.4, -0.2) is 22.9 Å². The molecular weight excluding hydrogens is 210 g/mol. The van der Waals surface area contributed by atoms with Crippen molar-refractivity contribution in [3.05, 3.63) is 48.6 Å². The first-order valence-electron chi connectivity index (χ1n) is 5.94. The average Bonchev–Trinajstić information content (AvgIpc) is 2.63. The van der Waals surface area contributed by atoms with Gasteiger partial charge < -0.3 is 4.90 Å². The summed E-state index contributed by atoms with van der Waals surface area (Å²) in [4.78, 5) is 14.2. The van der Waals surface area contributed by atoms with Gasteiger partial charge in [0.1, 0.15) is 0 Å². The maximum absolute atomic E-state index is 12.3. The summed E-state index contributed by atoms with van der Waals surface area (Å²) in [5.74, 6) is 0.0792. The van der Waals surface area contributed by atoms with Crippen LogP contribution in [-0.2, 0) is 4.79 Å². The second-order valence-corrected chi connectivity index (χ2v) is 4.80. The van der Waals surface area contributed by atoms with Gasteiger partial charge in [-0.1, -0.05) is 44.4 Å². The standard InChI is InChI=1S/C15H21NO/c1-6-9-10-12-11-16(15(4,5)8-3)14(17)13(12)7-2/h6-7,9-10H,1-2,8,11H2,3-5H3/b10-9-. The molecule has 0 aromatic heterocycles. The highest BCUT2D eigenvalue weighted by molar-refractivity contribution is 6.00. The Bertz CT molecular complexity index is 399. The van der Waals surface area contributed by atoms with Crippen LogP contribution in [0.4, 0.5) is 0 Å². The van der Waals surface area contributed by atoms with Crippen LogP contribution in [0.25, 0.3) is 0 Å². The van der Waals surface area contributed by atoms with Gasteiger partial charge in [-0.3, -0.25) is 4.79 Å². The molecule has 92 valence electrons. The third-order valence-electron chi connectivity index (χ3n) is 3.38. The number of allylic oxidation sites excluding steroid dienone is 2. The highest BCUT2D eigenvalue weighted by Crippen LogP contribution is 2.29. The molecule has 0 fully saturated rings. The highest BCUT2D eigenvalue weighted by atomic mass is 16.2. The molecule has 0 unspecified atom stereocenters. The maximum Gasteiger partial charge on any atom is 0.254 e. The van der Waals surface area contributed by atoms with Crippen LogP contribution < -0.4 is 0 Å². The molecule has 2 heteroatoms. The first kappa shape index (κ1) is 13.5. The lowest BCUT2D eigenvalue weighted by molar-refractivity contribution is -0.129. The maximum atomic E-state index is 12.3. The van der Waals surface area contributed by atoms with Crippen LogP contribution >= 0.6 is 0 Å². The zero-order valence-corrected chi connectivity index (χ0v) is 11.0. The Labute approximate surface area is 104 Å². The van der Waals surface area contributed by atoms with Gasteiger partial charge in [0.25, 0.3) is 5.91 Å². The topological polar surface area (TPSA) is 20.3 Å². The molecule has 0 bridgehead atoms. The molecule has 1 amide bonds. The number of hydrogen-bond donors (Lipinski definition) is 0. The van der Waals surface area contributed by atoms with Crippen molar-refractivity contribution in [2.75, 3.05) is 6.54 Å². The number of nitrogens with zero attached hydrogens (tertiary/aromatic N) is 1. The van der Waals surface area contributed by atoms with E-state index in [0.717, 1.165) is 12.0 Å². The molecule has 1 rings (SSSR count). The van der Waals surface area contributed by atoms with Gasteiger partial charge in [0, 0.05) is 17.7 Å². The van der Waals surface area contributed by atoms with Gasteiger partial charge in [-0.2, -0.15) is 0 Å². The average molecular weight is 231 g/mol. The van der Waals surface area contributed by atoms with E-state index in [1.807, 2.05) is 17.1 Å². The number of carbonyl (C=O) groups excluding carboxylic acids is 1. The first-order valence-corrected chi connectivity index (χ1v) is 5.94. The molecule has 0 N–H and O–H groups in total. The van der Waals surface area contributed by atoms with Gasteiger partial charge in [0.2, 0.25) is 0 Å². The SMILES string of the molecule is C=C/C=C\C1=C(C=C)C(=O)N(C(C)(C)CC)C1. The van der Waals surface area contributed by atoms with Crippen LogP contribution in [0.1, 0.15) is 27.2 Å². The van der Waals surface area contributed by atoms with Gasteiger partial charge >= 0.3 is 0 Å². The van der Waals surface area contributed by atoms with E-state index in [1.165, 1.54) is 0 Å². The van der Waals surface area contributed by atoms with Gasteiger partial charge in [-0.05, 0) is 25.8 Å². The van der Waals surface area contributed by atoms with E-state index in [4.69, 9.17) is 0 Å². The molecule has 1 aliphatic heterocycles. The monoisotopic (exact) mass is 231 g/mol. The van der Waals surface area contributed by atoms with Crippen LogP contribution in [0.5, 0.6) is 0 Å². The van der Waals surface area contributed by atoms with Crippen LogP contribution in [0, 0.1) is 0 Å². The number of hydrogen-bond acceptors (Lipinski definition) is 1. The van der Waals surface area contributed by atoms with Crippen molar-refractivity contribution in [1.29, 1.82) is 0 Å². The zero-order chi connectivity index (χ0) is 13.1. The second kappa shape index (κ2) is 5.17. The van der Waals surface area contributed by atoms with E-state index in [-0.39, 0.29) is 11.4 Å². The quantitative estimate of drug-likeness (QED) is 0.665. The van der Waals surface area contributed by atoms with Crippen molar-refractivity contribution < 1.29 is 4.79 Å². The van der Waals surface area contributed by atoms with Gasteiger partial charge in [0.05, 0.1) is 0 Å². The molecule has 0 atom stereocenters. The predicted octanol–water partition coefficient (Wildman–Crippen LogP) is 3.24. The minimum atomic E-state index is -0.116. The molecule has 1 aliphatic rings. The summed E-state index contributed by atoms with van der Waals surface area (Å²) in [6.07, 6.45) is 8.09. The Morgan fingerprint density at radius 3 is 2.53 bits per heavy atom. The molecule has 1 heterocycles.